The van der Waals surface area contributed by atoms with Crippen LogP contribution in [0.4, 0.5) is 5.13 Å². The normalized spacial score (nSPS) is 10.8. The molecule has 0 radical (unpaired) electrons. The van der Waals surface area contributed by atoms with Crippen molar-refractivity contribution in [1.29, 1.82) is 0 Å². The van der Waals surface area contributed by atoms with Gasteiger partial charge in [-0.3, -0.25) is 9.59 Å². The zero-order valence-electron chi connectivity index (χ0n) is 19.1. The molecule has 0 aliphatic carbocycles. The van der Waals surface area contributed by atoms with Crippen molar-refractivity contribution in [2.24, 2.45) is 0 Å². The summed E-state index contributed by atoms with van der Waals surface area (Å²) < 4.78 is 12.7. The lowest BCUT2D eigenvalue weighted by molar-refractivity contribution is -0.142. The van der Waals surface area contributed by atoms with Crippen molar-refractivity contribution in [2.45, 2.75) is 52.4 Å². The van der Waals surface area contributed by atoms with E-state index >= 15 is 0 Å². The van der Waals surface area contributed by atoms with Crippen LogP contribution < -0.4 is 10.1 Å². The lowest BCUT2D eigenvalue weighted by Gasteiger charge is -2.10. The highest BCUT2D eigenvalue weighted by atomic mass is 32.2. The third-order valence-corrected chi connectivity index (χ3v) is 6.49. The van der Waals surface area contributed by atoms with Crippen LogP contribution in [0.15, 0.2) is 28.7 Å². The lowest BCUT2D eigenvalue weighted by Crippen LogP contribution is -2.15. The summed E-state index contributed by atoms with van der Waals surface area (Å²) in [6, 6.07) is 5.96. The van der Waals surface area contributed by atoms with Crippen LogP contribution in [0.25, 0.3) is 0 Å². The number of nitrogens with one attached hydrogen (secondary N) is 1. The third kappa shape index (κ3) is 7.03. The number of aromatic nitrogens is 4. The van der Waals surface area contributed by atoms with Gasteiger partial charge in [-0.05, 0) is 51.0 Å². The number of carbonyl (C=O) groups is 2. The maximum atomic E-state index is 12.4. The van der Waals surface area contributed by atoms with Crippen LogP contribution in [-0.4, -0.2) is 44.0 Å². The molecule has 0 saturated heterocycles. The van der Waals surface area contributed by atoms with Crippen LogP contribution in [0.3, 0.4) is 0 Å². The molecule has 2 aromatic heterocycles. The first-order chi connectivity index (χ1) is 15.9. The average Bonchev–Trinajstić information content (AvgIpc) is 3.39. The van der Waals surface area contributed by atoms with Gasteiger partial charge in [0, 0.05) is 11.9 Å². The smallest absolute Gasteiger partial charge is 0.311 e. The number of carbonyl (C=O) groups excluding carboxylic acids is 2. The number of anilines is 1. The molecule has 0 aliphatic rings. The summed E-state index contributed by atoms with van der Waals surface area (Å²) in [7, 11) is 0. The molecule has 2 heterocycles. The number of nitrogens with zero attached hydrogens (tertiary/aromatic N) is 4. The Morgan fingerprint density at radius 2 is 2.00 bits per heavy atom. The van der Waals surface area contributed by atoms with Crippen molar-refractivity contribution in [3.05, 3.63) is 46.2 Å². The number of esters is 1. The highest BCUT2D eigenvalue weighted by molar-refractivity contribution is 7.99. The number of hydrogen-bond donors (Lipinski definition) is 1. The van der Waals surface area contributed by atoms with E-state index in [9.17, 15) is 9.59 Å². The van der Waals surface area contributed by atoms with Crippen LogP contribution in [-0.2, 0) is 33.9 Å². The number of thiazole rings is 1. The standard InChI is InChI=1S/C22H27N5O4S2/c1-5-27-18(11-31-17-8-7-14(3)15(4)9-17)25-26-22(27)33-13-19(28)24-21-23-16(12-32-21)10-20(29)30-6-2/h7-9,12H,5-6,10-11,13H2,1-4H3,(H,23,24,28). The number of rotatable bonds is 11. The molecule has 1 N–H and O–H groups in total. The summed E-state index contributed by atoms with van der Waals surface area (Å²) in [4.78, 5) is 28.2. The SMILES string of the molecule is CCOC(=O)Cc1csc(NC(=O)CSc2nnc(COc3ccc(C)c(C)c3)n2CC)n1. The fourth-order valence-corrected chi connectivity index (χ4v) is 4.44. The zero-order valence-corrected chi connectivity index (χ0v) is 20.7. The number of amides is 1. The van der Waals surface area contributed by atoms with Gasteiger partial charge in [0.1, 0.15) is 12.4 Å². The molecule has 1 aromatic carbocycles. The van der Waals surface area contributed by atoms with E-state index in [4.69, 9.17) is 9.47 Å². The van der Waals surface area contributed by atoms with Gasteiger partial charge in [0.25, 0.3) is 0 Å². The summed E-state index contributed by atoms with van der Waals surface area (Å²) in [6.45, 7) is 9.12. The number of ether oxygens (including phenoxy) is 2. The van der Waals surface area contributed by atoms with Crippen molar-refractivity contribution >= 4 is 40.1 Å². The minimum absolute atomic E-state index is 0.0849. The Bertz CT molecular complexity index is 1110. The van der Waals surface area contributed by atoms with E-state index in [2.05, 4.69) is 27.4 Å². The second-order valence-electron chi connectivity index (χ2n) is 7.14. The Labute approximate surface area is 200 Å². The van der Waals surface area contributed by atoms with Crippen LogP contribution in [0.5, 0.6) is 5.75 Å². The highest BCUT2D eigenvalue weighted by Crippen LogP contribution is 2.21. The predicted octanol–water partition coefficient (Wildman–Crippen LogP) is 3.79. The highest BCUT2D eigenvalue weighted by Gasteiger charge is 2.15. The van der Waals surface area contributed by atoms with Gasteiger partial charge in [0.05, 0.1) is 24.5 Å². The van der Waals surface area contributed by atoms with Gasteiger partial charge >= 0.3 is 5.97 Å². The number of hydrogen-bond acceptors (Lipinski definition) is 9. The van der Waals surface area contributed by atoms with Crippen molar-refractivity contribution < 1.29 is 19.1 Å². The second-order valence-corrected chi connectivity index (χ2v) is 8.94. The summed E-state index contributed by atoms with van der Waals surface area (Å²) >= 11 is 2.56. The Balaban J connectivity index is 1.52. The summed E-state index contributed by atoms with van der Waals surface area (Å²) in [5.41, 5.74) is 2.95. The van der Waals surface area contributed by atoms with Crippen molar-refractivity contribution in [1.82, 2.24) is 19.7 Å². The predicted molar refractivity (Wildman–Crippen MR) is 128 cm³/mol. The zero-order chi connectivity index (χ0) is 23.8. The monoisotopic (exact) mass is 489 g/mol. The lowest BCUT2D eigenvalue weighted by atomic mass is 10.1. The molecule has 0 bridgehead atoms. The van der Waals surface area contributed by atoms with Crippen LogP contribution >= 0.6 is 23.1 Å². The average molecular weight is 490 g/mol. The minimum Gasteiger partial charge on any atom is -0.486 e. The van der Waals surface area contributed by atoms with Gasteiger partial charge in [-0.2, -0.15) is 0 Å². The quantitative estimate of drug-likeness (QED) is 0.320. The van der Waals surface area contributed by atoms with Crippen molar-refractivity contribution in [3.8, 4) is 5.75 Å². The van der Waals surface area contributed by atoms with Gasteiger partial charge < -0.3 is 19.4 Å². The fourth-order valence-electron chi connectivity index (χ4n) is 2.89. The topological polar surface area (TPSA) is 108 Å². The van der Waals surface area contributed by atoms with Crippen LogP contribution in [0, 0.1) is 13.8 Å². The molecular formula is C22H27N5O4S2. The molecule has 9 nitrogen and oxygen atoms in total. The Kier molecular flexibility index (Phi) is 8.84. The first-order valence-electron chi connectivity index (χ1n) is 10.5. The third-order valence-electron chi connectivity index (χ3n) is 4.72. The van der Waals surface area contributed by atoms with Gasteiger partial charge in [-0.25, -0.2) is 4.98 Å². The van der Waals surface area contributed by atoms with E-state index in [1.165, 1.54) is 34.2 Å². The summed E-state index contributed by atoms with van der Waals surface area (Å²) in [6.07, 6.45) is 0.0849. The molecule has 3 aromatic rings. The fraction of sp³-hybridized carbons (Fsp3) is 0.409. The molecule has 33 heavy (non-hydrogen) atoms. The largest absolute Gasteiger partial charge is 0.486 e. The van der Waals surface area contributed by atoms with E-state index < -0.39 is 0 Å². The van der Waals surface area contributed by atoms with Gasteiger partial charge in [-0.15, -0.1) is 21.5 Å². The Morgan fingerprint density at radius 1 is 1.18 bits per heavy atom. The second kappa shape index (κ2) is 11.8. The van der Waals surface area contributed by atoms with Gasteiger partial charge in [-0.1, -0.05) is 17.8 Å². The molecule has 0 saturated carbocycles. The molecular weight excluding hydrogens is 462 g/mol. The molecule has 3 rings (SSSR count). The first-order valence-corrected chi connectivity index (χ1v) is 12.4. The summed E-state index contributed by atoms with van der Waals surface area (Å²) in [5, 5.41) is 14.0. The van der Waals surface area contributed by atoms with Gasteiger partial charge in [0.2, 0.25) is 5.91 Å². The molecule has 0 unspecified atom stereocenters. The Hall–Kier alpha value is -2.92. The molecule has 0 fully saturated rings. The molecule has 176 valence electrons. The molecule has 0 spiro atoms. The van der Waals surface area contributed by atoms with Crippen molar-refractivity contribution in [3.63, 3.8) is 0 Å². The van der Waals surface area contributed by atoms with Gasteiger partial charge in [0.15, 0.2) is 16.1 Å². The van der Waals surface area contributed by atoms with Crippen molar-refractivity contribution in [2.75, 3.05) is 17.7 Å². The van der Waals surface area contributed by atoms with Crippen LogP contribution in [0.1, 0.15) is 36.5 Å². The molecule has 1 amide bonds. The van der Waals surface area contributed by atoms with E-state index in [-0.39, 0.29) is 24.1 Å². The number of aryl methyl sites for hydroxylation is 2. The molecule has 0 aliphatic heterocycles. The van der Waals surface area contributed by atoms with E-state index in [1.807, 2.05) is 36.6 Å². The Morgan fingerprint density at radius 3 is 2.73 bits per heavy atom. The summed E-state index contributed by atoms with van der Waals surface area (Å²) in [5.74, 6) is 1.08. The van der Waals surface area contributed by atoms with E-state index in [0.29, 0.717) is 41.6 Å². The number of thioether (sulfide) groups is 1. The first kappa shape index (κ1) is 24.7. The molecule has 11 heteroatoms. The maximum Gasteiger partial charge on any atom is 0.311 e. The minimum atomic E-state index is -0.340. The van der Waals surface area contributed by atoms with E-state index in [0.717, 1.165) is 5.75 Å². The molecule has 0 atom stereocenters. The van der Waals surface area contributed by atoms with Crippen LogP contribution in [0.2, 0.25) is 0 Å². The van der Waals surface area contributed by atoms with E-state index in [1.54, 1.807) is 12.3 Å². The maximum absolute atomic E-state index is 12.4. The number of benzene rings is 1.